The maximum absolute atomic E-state index is 13.5. The summed E-state index contributed by atoms with van der Waals surface area (Å²) in [6.07, 6.45) is 0.688. The standard InChI is InChI=1S/C13H14BrFN4/c1-3-11-18-12(16)7(2)13(19-11)17-8-4-5-9(14)10(15)6-8/h4-6H,3H2,1-2H3,(H3,16,17,18,19). The number of nitrogens with zero attached hydrogens (tertiary/aromatic N) is 2. The summed E-state index contributed by atoms with van der Waals surface area (Å²) < 4.78 is 13.9. The Hall–Kier alpha value is -1.69. The van der Waals surface area contributed by atoms with Crippen LogP contribution in [-0.2, 0) is 6.42 Å². The number of hydrogen-bond donors (Lipinski definition) is 2. The van der Waals surface area contributed by atoms with E-state index in [2.05, 4.69) is 31.2 Å². The third kappa shape index (κ3) is 3.01. The smallest absolute Gasteiger partial charge is 0.139 e. The monoisotopic (exact) mass is 324 g/mol. The fourth-order valence-electron chi connectivity index (χ4n) is 1.57. The van der Waals surface area contributed by atoms with E-state index in [1.807, 2.05) is 13.8 Å². The fourth-order valence-corrected chi connectivity index (χ4v) is 1.82. The Labute approximate surface area is 119 Å². The van der Waals surface area contributed by atoms with Crippen molar-refractivity contribution in [2.45, 2.75) is 20.3 Å². The van der Waals surface area contributed by atoms with Gasteiger partial charge in [-0.15, -0.1) is 0 Å². The van der Waals surface area contributed by atoms with E-state index in [9.17, 15) is 4.39 Å². The molecule has 100 valence electrons. The Bertz CT molecular complexity index is 616. The third-order valence-corrected chi connectivity index (χ3v) is 3.37. The van der Waals surface area contributed by atoms with E-state index in [-0.39, 0.29) is 5.82 Å². The second-order valence-electron chi connectivity index (χ2n) is 4.11. The Morgan fingerprint density at radius 3 is 2.74 bits per heavy atom. The molecular weight excluding hydrogens is 311 g/mol. The summed E-state index contributed by atoms with van der Waals surface area (Å²) in [4.78, 5) is 8.53. The van der Waals surface area contributed by atoms with Crippen molar-refractivity contribution in [1.82, 2.24) is 9.97 Å². The lowest BCUT2D eigenvalue weighted by Gasteiger charge is -2.11. The van der Waals surface area contributed by atoms with Gasteiger partial charge in [-0.1, -0.05) is 6.92 Å². The lowest BCUT2D eigenvalue weighted by atomic mass is 10.2. The molecular formula is C13H14BrFN4. The van der Waals surface area contributed by atoms with Crippen molar-refractivity contribution in [1.29, 1.82) is 0 Å². The van der Waals surface area contributed by atoms with Crippen LogP contribution >= 0.6 is 15.9 Å². The number of halogens is 2. The van der Waals surface area contributed by atoms with Crippen LogP contribution in [0.2, 0.25) is 0 Å². The van der Waals surface area contributed by atoms with Crippen LogP contribution in [0.4, 0.5) is 21.7 Å². The van der Waals surface area contributed by atoms with Crippen LogP contribution in [0.25, 0.3) is 0 Å². The molecule has 0 radical (unpaired) electrons. The number of anilines is 3. The molecule has 0 atom stereocenters. The molecule has 1 aromatic carbocycles. The molecule has 0 saturated carbocycles. The number of hydrogen-bond acceptors (Lipinski definition) is 4. The highest BCUT2D eigenvalue weighted by Gasteiger charge is 2.09. The van der Waals surface area contributed by atoms with Gasteiger partial charge in [0.2, 0.25) is 0 Å². The normalized spacial score (nSPS) is 10.5. The zero-order valence-electron chi connectivity index (χ0n) is 10.7. The van der Waals surface area contributed by atoms with E-state index in [4.69, 9.17) is 5.73 Å². The van der Waals surface area contributed by atoms with Gasteiger partial charge >= 0.3 is 0 Å². The van der Waals surface area contributed by atoms with Gasteiger partial charge in [-0.25, -0.2) is 14.4 Å². The zero-order valence-corrected chi connectivity index (χ0v) is 12.3. The van der Waals surface area contributed by atoms with E-state index in [1.54, 1.807) is 12.1 Å². The molecule has 4 nitrogen and oxygen atoms in total. The molecule has 0 unspecified atom stereocenters. The molecule has 0 spiro atoms. The van der Waals surface area contributed by atoms with Crippen LogP contribution in [-0.4, -0.2) is 9.97 Å². The van der Waals surface area contributed by atoms with E-state index < -0.39 is 0 Å². The summed E-state index contributed by atoms with van der Waals surface area (Å²) in [5, 5.41) is 3.06. The van der Waals surface area contributed by atoms with E-state index >= 15 is 0 Å². The highest BCUT2D eigenvalue weighted by molar-refractivity contribution is 9.10. The molecule has 0 aliphatic rings. The molecule has 0 fully saturated rings. The molecule has 6 heteroatoms. The summed E-state index contributed by atoms with van der Waals surface area (Å²) in [6.45, 7) is 3.78. The van der Waals surface area contributed by atoms with Gasteiger partial charge < -0.3 is 11.1 Å². The van der Waals surface area contributed by atoms with Gasteiger partial charge in [0, 0.05) is 17.7 Å². The van der Waals surface area contributed by atoms with Crippen LogP contribution in [0.5, 0.6) is 0 Å². The second-order valence-corrected chi connectivity index (χ2v) is 4.96. The van der Waals surface area contributed by atoms with E-state index in [1.165, 1.54) is 6.07 Å². The lowest BCUT2D eigenvalue weighted by Crippen LogP contribution is -2.06. The van der Waals surface area contributed by atoms with Crippen LogP contribution in [0.1, 0.15) is 18.3 Å². The van der Waals surface area contributed by atoms with Crippen LogP contribution < -0.4 is 11.1 Å². The SMILES string of the molecule is CCc1nc(N)c(C)c(Nc2ccc(Br)c(F)c2)n1. The van der Waals surface area contributed by atoms with Crippen molar-refractivity contribution in [3.05, 3.63) is 39.9 Å². The molecule has 2 rings (SSSR count). The van der Waals surface area contributed by atoms with Crippen LogP contribution in [0.15, 0.2) is 22.7 Å². The first-order valence-electron chi connectivity index (χ1n) is 5.86. The number of rotatable bonds is 3. The van der Waals surface area contributed by atoms with Gasteiger partial charge in [0.25, 0.3) is 0 Å². The number of aromatic nitrogens is 2. The van der Waals surface area contributed by atoms with Crippen molar-refractivity contribution in [2.24, 2.45) is 0 Å². The average molecular weight is 325 g/mol. The topological polar surface area (TPSA) is 63.8 Å². The highest BCUT2D eigenvalue weighted by atomic mass is 79.9. The maximum Gasteiger partial charge on any atom is 0.139 e. The minimum Gasteiger partial charge on any atom is -0.383 e. The number of benzene rings is 1. The van der Waals surface area contributed by atoms with Crippen molar-refractivity contribution in [2.75, 3.05) is 11.1 Å². The number of nitrogen functional groups attached to an aromatic ring is 1. The lowest BCUT2D eigenvalue weighted by molar-refractivity contribution is 0.622. The number of nitrogens with two attached hydrogens (primary N) is 1. The van der Waals surface area contributed by atoms with Crippen molar-refractivity contribution < 1.29 is 4.39 Å². The van der Waals surface area contributed by atoms with E-state index in [0.29, 0.717) is 34.0 Å². The van der Waals surface area contributed by atoms with Crippen LogP contribution in [0.3, 0.4) is 0 Å². The Morgan fingerprint density at radius 1 is 1.37 bits per heavy atom. The molecule has 0 saturated heterocycles. The van der Waals surface area contributed by atoms with Crippen LogP contribution in [0, 0.1) is 12.7 Å². The molecule has 3 N–H and O–H groups in total. The number of nitrogens with one attached hydrogen (secondary N) is 1. The molecule has 1 heterocycles. The molecule has 0 bridgehead atoms. The molecule has 1 aromatic heterocycles. The summed E-state index contributed by atoms with van der Waals surface area (Å²) in [6, 6.07) is 4.79. The Kier molecular flexibility index (Phi) is 3.99. The first-order valence-corrected chi connectivity index (χ1v) is 6.65. The first-order chi connectivity index (χ1) is 9.01. The minimum absolute atomic E-state index is 0.333. The van der Waals surface area contributed by atoms with E-state index in [0.717, 1.165) is 5.56 Å². The van der Waals surface area contributed by atoms with Crippen molar-refractivity contribution in [3.63, 3.8) is 0 Å². The molecule has 19 heavy (non-hydrogen) atoms. The van der Waals surface area contributed by atoms with Gasteiger partial charge in [-0.05, 0) is 41.1 Å². The summed E-state index contributed by atoms with van der Waals surface area (Å²) >= 11 is 3.12. The Balaban J connectivity index is 2.37. The fraction of sp³-hybridized carbons (Fsp3) is 0.231. The van der Waals surface area contributed by atoms with Crippen molar-refractivity contribution in [3.8, 4) is 0 Å². The molecule has 0 amide bonds. The highest BCUT2D eigenvalue weighted by Crippen LogP contribution is 2.25. The average Bonchev–Trinajstić information content (AvgIpc) is 2.39. The first kappa shape index (κ1) is 13.7. The predicted molar refractivity (Wildman–Crippen MR) is 77.9 cm³/mol. The van der Waals surface area contributed by atoms with Gasteiger partial charge in [-0.2, -0.15) is 0 Å². The predicted octanol–water partition coefficient (Wildman–Crippen LogP) is 3.57. The minimum atomic E-state index is -0.333. The molecule has 0 aliphatic carbocycles. The van der Waals surface area contributed by atoms with Crippen molar-refractivity contribution >= 4 is 33.3 Å². The summed E-state index contributed by atoms with van der Waals surface area (Å²) in [5.41, 5.74) is 7.20. The van der Waals surface area contributed by atoms with Gasteiger partial charge in [0.1, 0.15) is 23.3 Å². The largest absolute Gasteiger partial charge is 0.383 e. The summed E-state index contributed by atoms with van der Waals surface area (Å²) in [5.74, 6) is 1.36. The second kappa shape index (κ2) is 5.52. The zero-order chi connectivity index (χ0) is 14.0. The van der Waals surface area contributed by atoms with Gasteiger partial charge in [-0.3, -0.25) is 0 Å². The maximum atomic E-state index is 13.5. The Morgan fingerprint density at radius 2 is 2.11 bits per heavy atom. The number of aryl methyl sites for hydroxylation is 1. The van der Waals surface area contributed by atoms with Gasteiger partial charge in [0.05, 0.1) is 4.47 Å². The quantitative estimate of drug-likeness (QED) is 0.905. The van der Waals surface area contributed by atoms with Gasteiger partial charge in [0.15, 0.2) is 0 Å². The summed E-state index contributed by atoms with van der Waals surface area (Å²) in [7, 11) is 0. The third-order valence-electron chi connectivity index (χ3n) is 2.73. The molecule has 0 aliphatic heterocycles. The molecule has 2 aromatic rings.